The predicted molar refractivity (Wildman–Crippen MR) is 69.5 cm³/mol. The number of rotatable bonds is 6. The number of hydrogen-bond acceptors (Lipinski definition) is 5. The monoisotopic (exact) mass is 264 g/mol. The summed E-state index contributed by atoms with van der Waals surface area (Å²) in [6, 6.07) is 9.50. The first kappa shape index (κ1) is 12.4. The van der Waals surface area contributed by atoms with Crippen LogP contribution in [0.3, 0.4) is 0 Å². The standard InChI is InChI=1S/C12H12N2O3S/c15-11(16)10-8-14-12(18-10)13-6-7-17-9-4-2-1-3-5-9/h1-5,8H,6-7H2,(H,13,14)(H,15,16). The van der Waals surface area contributed by atoms with Gasteiger partial charge in [0.05, 0.1) is 12.7 Å². The second kappa shape index (κ2) is 6.02. The maximum Gasteiger partial charge on any atom is 0.347 e. The van der Waals surface area contributed by atoms with Crippen molar-refractivity contribution in [2.45, 2.75) is 0 Å². The molecule has 1 aromatic heterocycles. The number of carboxylic acids is 1. The predicted octanol–water partition coefficient (Wildman–Crippen LogP) is 2.33. The normalized spacial score (nSPS) is 10.0. The van der Waals surface area contributed by atoms with E-state index in [1.807, 2.05) is 30.3 Å². The quantitative estimate of drug-likeness (QED) is 0.783. The summed E-state index contributed by atoms with van der Waals surface area (Å²) >= 11 is 1.11. The molecule has 0 bridgehead atoms. The van der Waals surface area contributed by atoms with E-state index < -0.39 is 5.97 Å². The van der Waals surface area contributed by atoms with Gasteiger partial charge in [0.15, 0.2) is 5.13 Å². The number of hydrogen-bond donors (Lipinski definition) is 2. The topological polar surface area (TPSA) is 71.5 Å². The smallest absolute Gasteiger partial charge is 0.347 e. The minimum absolute atomic E-state index is 0.224. The third-order valence-corrected chi connectivity index (χ3v) is 3.05. The van der Waals surface area contributed by atoms with Gasteiger partial charge in [0.2, 0.25) is 0 Å². The van der Waals surface area contributed by atoms with Crippen LogP contribution in [0.1, 0.15) is 9.67 Å². The van der Waals surface area contributed by atoms with Gasteiger partial charge in [-0.3, -0.25) is 0 Å². The Bertz CT molecular complexity index is 513. The highest BCUT2D eigenvalue weighted by Crippen LogP contribution is 2.17. The van der Waals surface area contributed by atoms with E-state index in [1.54, 1.807) is 0 Å². The average molecular weight is 264 g/mol. The van der Waals surface area contributed by atoms with E-state index in [-0.39, 0.29) is 4.88 Å². The van der Waals surface area contributed by atoms with E-state index >= 15 is 0 Å². The second-order valence-electron chi connectivity index (χ2n) is 3.42. The highest BCUT2D eigenvalue weighted by molar-refractivity contribution is 7.17. The molecule has 6 heteroatoms. The average Bonchev–Trinajstić information content (AvgIpc) is 2.85. The summed E-state index contributed by atoms with van der Waals surface area (Å²) in [5.74, 6) is -0.147. The number of nitrogens with one attached hydrogen (secondary N) is 1. The van der Waals surface area contributed by atoms with Gasteiger partial charge in [0.1, 0.15) is 17.2 Å². The molecular formula is C12H12N2O3S. The van der Waals surface area contributed by atoms with Gasteiger partial charge in [-0.1, -0.05) is 29.5 Å². The van der Waals surface area contributed by atoms with Crippen LogP contribution < -0.4 is 10.1 Å². The number of carboxylic acid groups (broad SMARTS) is 1. The molecule has 2 rings (SSSR count). The first-order valence-electron chi connectivity index (χ1n) is 5.36. The van der Waals surface area contributed by atoms with Crippen molar-refractivity contribution in [1.82, 2.24) is 4.98 Å². The van der Waals surface area contributed by atoms with Gasteiger partial charge in [-0.25, -0.2) is 9.78 Å². The van der Waals surface area contributed by atoms with E-state index in [1.165, 1.54) is 6.20 Å². The van der Waals surface area contributed by atoms with Crippen molar-refractivity contribution >= 4 is 22.4 Å². The van der Waals surface area contributed by atoms with Gasteiger partial charge in [0.25, 0.3) is 0 Å². The lowest BCUT2D eigenvalue weighted by Gasteiger charge is -2.05. The summed E-state index contributed by atoms with van der Waals surface area (Å²) in [5.41, 5.74) is 0. The zero-order chi connectivity index (χ0) is 12.8. The number of aromatic carboxylic acids is 1. The number of nitrogens with zero attached hydrogens (tertiary/aromatic N) is 1. The lowest BCUT2D eigenvalue weighted by atomic mass is 10.3. The summed E-state index contributed by atoms with van der Waals surface area (Å²) in [6.07, 6.45) is 1.34. The first-order valence-corrected chi connectivity index (χ1v) is 6.18. The molecule has 2 N–H and O–H groups in total. The molecular weight excluding hydrogens is 252 g/mol. The molecule has 0 aliphatic carbocycles. The fraction of sp³-hybridized carbons (Fsp3) is 0.167. The number of thiazole rings is 1. The highest BCUT2D eigenvalue weighted by Gasteiger charge is 2.07. The van der Waals surface area contributed by atoms with Crippen LogP contribution in [0.25, 0.3) is 0 Å². The van der Waals surface area contributed by atoms with Crippen molar-refractivity contribution in [2.75, 3.05) is 18.5 Å². The van der Waals surface area contributed by atoms with Crippen LogP contribution in [0, 0.1) is 0 Å². The Labute approximate surface area is 108 Å². The van der Waals surface area contributed by atoms with Crippen molar-refractivity contribution < 1.29 is 14.6 Å². The van der Waals surface area contributed by atoms with E-state index in [4.69, 9.17) is 9.84 Å². The van der Waals surface area contributed by atoms with Gasteiger partial charge in [-0.05, 0) is 12.1 Å². The Balaban J connectivity index is 1.73. The molecule has 0 atom stereocenters. The Hall–Kier alpha value is -2.08. The number of anilines is 1. The summed E-state index contributed by atoms with van der Waals surface area (Å²) < 4.78 is 5.48. The summed E-state index contributed by atoms with van der Waals surface area (Å²) in [4.78, 5) is 14.8. The van der Waals surface area contributed by atoms with Crippen LogP contribution in [0.5, 0.6) is 5.75 Å². The number of aromatic nitrogens is 1. The van der Waals surface area contributed by atoms with Crippen LogP contribution in [0.2, 0.25) is 0 Å². The van der Waals surface area contributed by atoms with Crippen molar-refractivity contribution in [3.05, 3.63) is 41.4 Å². The molecule has 0 radical (unpaired) electrons. The van der Waals surface area contributed by atoms with Crippen molar-refractivity contribution in [2.24, 2.45) is 0 Å². The number of ether oxygens (including phenoxy) is 1. The maximum absolute atomic E-state index is 10.6. The van der Waals surface area contributed by atoms with Crippen molar-refractivity contribution in [3.8, 4) is 5.75 Å². The van der Waals surface area contributed by atoms with E-state index in [9.17, 15) is 4.79 Å². The lowest BCUT2D eigenvalue weighted by molar-refractivity contribution is 0.0702. The van der Waals surface area contributed by atoms with E-state index in [2.05, 4.69) is 10.3 Å². The zero-order valence-electron chi connectivity index (χ0n) is 9.50. The fourth-order valence-electron chi connectivity index (χ4n) is 1.30. The lowest BCUT2D eigenvalue weighted by Crippen LogP contribution is -2.11. The maximum atomic E-state index is 10.6. The first-order chi connectivity index (χ1) is 8.75. The minimum Gasteiger partial charge on any atom is -0.492 e. The Morgan fingerprint density at radius 1 is 1.39 bits per heavy atom. The van der Waals surface area contributed by atoms with Crippen LogP contribution in [-0.2, 0) is 0 Å². The molecule has 0 saturated heterocycles. The molecule has 1 heterocycles. The van der Waals surface area contributed by atoms with E-state index in [0.29, 0.717) is 18.3 Å². The zero-order valence-corrected chi connectivity index (χ0v) is 10.3. The van der Waals surface area contributed by atoms with Gasteiger partial charge < -0.3 is 15.2 Å². The molecule has 18 heavy (non-hydrogen) atoms. The summed E-state index contributed by atoms with van der Waals surface area (Å²) in [6.45, 7) is 1.06. The van der Waals surface area contributed by atoms with Crippen LogP contribution in [-0.4, -0.2) is 29.2 Å². The SMILES string of the molecule is O=C(O)c1cnc(NCCOc2ccccc2)s1. The largest absolute Gasteiger partial charge is 0.492 e. The van der Waals surface area contributed by atoms with Crippen LogP contribution in [0.15, 0.2) is 36.5 Å². The highest BCUT2D eigenvalue weighted by atomic mass is 32.1. The Morgan fingerprint density at radius 2 is 2.17 bits per heavy atom. The third kappa shape index (κ3) is 3.46. The molecule has 0 aliphatic rings. The fourth-order valence-corrected chi connectivity index (χ4v) is 1.98. The van der Waals surface area contributed by atoms with Gasteiger partial charge in [-0.15, -0.1) is 0 Å². The molecule has 5 nitrogen and oxygen atoms in total. The molecule has 0 fully saturated rings. The molecule has 1 aromatic carbocycles. The van der Waals surface area contributed by atoms with Gasteiger partial charge >= 0.3 is 5.97 Å². The number of carbonyl (C=O) groups is 1. The van der Waals surface area contributed by atoms with Gasteiger partial charge in [0, 0.05) is 0 Å². The Morgan fingerprint density at radius 3 is 2.83 bits per heavy atom. The minimum atomic E-state index is -0.957. The molecule has 0 saturated carbocycles. The van der Waals surface area contributed by atoms with Crippen molar-refractivity contribution in [3.63, 3.8) is 0 Å². The Kier molecular flexibility index (Phi) is 4.14. The van der Waals surface area contributed by atoms with E-state index in [0.717, 1.165) is 17.1 Å². The summed E-state index contributed by atoms with van der Waals surface area (Å²) in [7, 11) is 0. The number of para-hydroxylation sites is 1. The molecule has 94 valence electrons. The molecule has 0 amide bonds. The molecule has 2 aromatic rings. The van der Waals surface area contributed by atoms with Crippen molar-refractivity contribution in [1.29, 1.82) is 0 Å². The third-order valence-electron chi connectivity index (χ3n) is 2.11. The molecule has 0 unspecified atom stereocenters. The summed E-state index contributed by atoms with van der Waals surface area (Å²) in [5, 5.41) is 12.3. The molecule has 0 aliphatic heterocycles. The van der Waals surface area contributed by atoms with Gasteiger partial charge in [-0.2, -0.15) is 0 Å². The van der Waals surface area contributed by atoms with Crippen LogP contribution in [0.4, 0.5) is 5.13 Å². The molecule has 0 spiro atoms. The number of benzene rings is 1. The van der Waals surface area contributed by atoms with Crippen LogP contribution >= 0.6 is 11.3 Å². The second-order valence-corrected chi connectivity index (χ2v) is 4.45.